The first-order valence-electron chi connectivity index (χ1n) is 5.09. The van der Waals surface area contributed by atoms with E-state index in [2.05, 4.69) is 19.2 Å². The van der Waals surface area contributed by atoms with Crippen LogP contribution in [0.5, 0.6) is 0 Å². The summed E-state index contributed by atoms with van der Waals surface area (Å²) in [6.07, 6.45) is 1.14. The van der Waals surface area contributed by atoms with E-state index in [-0.39, 0.29) is 5.82 Å². The van der Waals surface area contributed by atoms with Gasteiger partial charge in [0, 0.05) is 12.2 Å². The van der Waals surface area contributed by atoms with E-state index in [1.165, 1.54) is 6.07 Å². The SMILES string of the molecule is Cc1cc(NCCC(C)C)ccc1F. The molecule has 0 saturated heterocycles. The summed E-state index contributed by atoms with van der Waals surface area (Å²) in [5.41, 5.74) is 1.70. The Hall–Kier alpha value is -1.05. The fraction of sp³-hybridized carbons (Fsp3) is 0.500. The molecule has 0 radical (unpaired) electrons. The number of benzene rings is 1. The Morgan fingerprint density at radius 2 is 2.07 bits per heavy atom. The van der Waals surface area contributed by atoms with Crippen molar-refractivity contribution < 1.29 is 4.39 Å². The molecule has 1 aromatic carbocycles. The monoisotopic (exact) mass is 195 g/mol. The van der Waals surface area contributed by atoms with Gasteiger partial charge in [-0.1, -0.05) is 13.8 Å². The van der Waals surface area contributed by atoms with Gasteiger partial charge in [-0.2, -0.15) is 0 Å². The zero-order valence-electron chi connectivity index (χ0n) is 9.10. The van der Waals surface area contributed by atoms with E-state index in [9.17, 15) is 4.39 Å². The van der Waals surface area contributed by atoms with Gasteiger partial charge in [-0.3, -0.25) is 0 Å². The Morgan fingerprint density at radius 1 is 1.36 bits per heavy atom. The van der Waals surface area contributed by atoms with Crippen LogP contribution in [-0.2, 0) is 0 Å². The Kier molecular flexibility index (Phi) is 3.93. The van der Waals surface area contributed by atoms with Crippen molar-refractivity contribution in [2.75, 3.05) is 11.9 Å². The Balaban J connectivity index is 2.47. The molecule has 0 saturated carbocycles. The van der Waals surface area contributed by atoms with Crippen molar-refractivity contribution in [3.8, 4) is 0 Å². The highest BCUT2D eigenvalue weighted by molar-refractivity contribution is 5.45. The van der Waals surface area contributed by atoms with Crippen molar-refractivity contribution in [3.63, 3.8) is 0 Å². The van der Waals surface area contributed by atoms with E-state index in [1.54, 1.807) is 13.0 Å². The van der Waals surface area contributed by atoms with E-state index in [0.717, 1.165) is 18.7 Å². The standard InChI is InChI=1S/C12H18FN/c1-9(2)6-7-14-11-4-5-12(13)10(3)8-11/h4-5,8-9,14H,6-7H2,1-3H3. The molecular formula is C12H18FN. The molecule has 0 amide bonds. The molecule has 0 bridgehead atoms. The van der Waals surface area contributed by atoms with E-state index in [0.29, 0.717) is 11.5 Å². The highest BCUT2D eigenvalue weighted by atomic mass is 19.1. The van der Waals surface area contributed by atoms with Crippen molar-refractivity contribution in [1.82, 2.24) is 0 Å². The maximum absolute atomic E-state index is 12.9. The van der Waals surface area contributed by atoms with Crippen LogP contribution in [0, 0.1) is 18.7 Å². The maximum Gasteiger partial charge on any atom is 0.126 e. The molecule has 14 heavy (non-hydrogen) atoms. The number of halogens is 1. The number of nitrogens with one attached hydrogen (secondary N) is 1. The summed E-state index contributed by atoms with van der Waals surface area (Å²) in [6.45, 7) is 7.11. The Labute approximate surface area is 85.3 Å². The first kappa shape index (κ1) is 11.0. The number of aryl methyl sites for hydroxylation is 1. The van der Waals surface area contributed by atoms with Crippen LogP contribution in [0.2, 0.25) is 0 Å². The van der Waals surface area contributed by atoms with E-state index in [4.69, 9.17) is 0 Å². The van der Waals surface area contributed by atoms with Crippen LogP contribution in [0.3, 0.4) is 0 Å². The van der Waals surface area contributed by atoms with Gasteiger partial charge in [-0.05, 0) is 43.0 Å². The summed E-state index contributed by atoms with van der Waals surface area (Å²) < 4.78 is 12.9. The molecule has 0 fully saturated rings. The third kappa shape index (κ3) is 3.36. The topological polar surface area (TPSA) is 12.0 Å². The molecule has 0 unspecified atom stereocenters. The quantitative estimate of drug-likeness (QED) is 0.774. The second kappa shape index (κ2) is 4.99. The van der Waals surface area contributed by atoms with Gasteiger partial charge in [0.05, 0.1) is 0 Å². The van der Waals surface area contributed by atoms with Gasteiger partial charge in [0.1, 0.15) is 5.82 Å². The summed E-state index contributed by atoms with van der Waals surface area (Å²) >= 11 is 0. The molecule has 0 aromatic heterocycles. The average molecular weight is 195 g/mol. The van der Waals surface area contributed by atoms with E-state index < -0.39 is 0 Å². The molecular weight excluding hydrogens is 177 g/mol. The molecule has 1 aromatic rings. The second-order valence-electron chi connectivity index (χ2n) is 4.07. The minimum absolute atomic E-state index is 0.139. The van der Waals surface area contributed by atoms with Crippen molar-refractivity contribution in [1.29, 1.82) is 0 Å². The molecule has 0 heterocycles. The Bertz CT molecular complexity index is 294. The zero-order chi connectivity index (χ0) is 10.6. The van der Waals surface area contributed by atoms with Gasteiger partial charge in [-0.25, -0.2) is 4.39 Å². The van der Waals surface area contributed by atoms with Crippen LogP contribution in [0.4, 0.5) is 10.1 Å². The fourth-order valence-corrected chi connectivity index (χ4v) is 1.26. The van der Waals surface area contributed by atoms with Gasteiger partial charge in [0.15, 0.2) is 0 Å². The van der Waals surface area contributed by atoms with Crippen LogP contribution in [-0.4, -0.2) is 6.54 Å². The number of anilines is 1. The molecule has 0 aliphatic rings. The molecule has 2 heteroatoms. The largest absolute Gasteiger partial charge is 0.385 e. The lowest BCUT2D eigenvalue weighted by molar-refractivity contribution is 0.606. The third-order valence-electron chi connectivity index (χ3n) is 2.21. The lowest BCUT2D eigenvalue weighted by Gasteiger charge is -2.09. The smallest absolute Gasteiger partial charge is 0.126 e. The minimum atomic E-state index is -0.139. The molecule has 0 atom stereocenters. The minimum Gasteiger partial charge on any atom is -0.385 e. The summed E-state index contributed by atoms with van der Waals surface area (Å²) in [5.74, 6) is 0.559. The summed E-state index contributed by atoms with van der Waals surface area (Å²) in [6, 6.07) is 5.13. The molecule has 78 valence electrons. The van der Waals surface area contributed by atoms with Crippen molar-refractivity contribution in [3.05, 3.63) is 29.6 Å². The maximum atomic E-state index is 12.9. The predicted octanol–water partition coefficient (Wildman–Crippen LogP) is 3.59. The van der Waals surface area contributed by atoms with Crippen molar-refractivity contribution in [2.45, 2.75) is 27.2 Å². The zero-order valence-corrected chi connectivity index (χ0v) is 9.10. The molecule has 1 rings (SSSR count). The average Bonchev–Trinajstić information content (AvgIpc) is 2.10. The summed E-state index contributed by atoms with van der Waals surface area (Å²) in [5, 5.41) is 3.28. The fourth-order valence-electron chi connectivity index (χ4n) is 1.26. The lowest BCUT2D eigenvalue weighted by Crippen LogP contribution is -2.04. The molecule has 1 nitrogen and oxygen atoms in total. The predicted molar refractivity (Wildman–Crippen MR) is 59.1 cm³/mol. The molecule has 1 N–H and O–H groups in total. The van der Waals surface area contributed by atoms with Gasteiger partial charge in [0.2, 0.25) is 0 Å². The number of hydrogen-bond donors (Lipinski definition) is 1. The second-order valence-corrected chi connectivity index (χ2v) is 4.07. The number of rotatable bonds is 4. The van der Waals surface area contributed by atoms with Gasteiger partial charge in [-0.15, -0.1) is 0 Å². The van der Waals surface area contributed by atoms with Crippen LogP contribution in [0.1, 0.15) is 25.8 Å². The first-order chi connectivity index (χ1) is 6.59. The van der Waals surface area contributed by atoms with Crippen LogP contribution < -0.4 is 5.32 Å². The van der Waals surface area contributed by atoms with Crippen LogP contribution in [0.25, 0.3) is 0 Å². The van der Waals surface area contributed by atoms with Crippen LogP contribution in [0.15, 0.2) is 18.2 Å². The first-order valence-corrected chi connectivity index (χ1v) is 5.09. The molecule has 0 spiro atoms. The summed E-state index contributed by atoms with van der Waals surface area (Å²) in [7, 11) is 0. The highest BCUT2D eigenvalue weighted by Crippen LogP contribution is 2.13. The number of hydrogen-bond acceptors (Lipinski definition) is 1. The Morgan fingerprint density at radius 3 is 2.64 bits per heavy atom. The van der Waals surface area contributed by atoms with Gasteiger partial charge in [0.25, 0.3) is 0 Å². The summed E-state index contributed by atoms with van der Waals surface area (Å²) in [4.78, 5) is 0. The highest BCUT2D eigenvalue weighted by Gasteiger charge is 1.98. The van der Waals surface area contributed by atoms with Crippen molar-refractivity contribution in [2.24, 2.45) is 5.92 Å². The third-order valence-corrected chi connectivity index (χ3v) is 2.21. The van der Waals surface area contributed by atoms with Gasteiger partial charge < -0.3 is 5.32 Å². The van der Waals surface area contributed by atoms with E-state index in [1.807, 2.05) is 6.07 Å². The molecule has 0 aliphatic carbocycles. The van der Waals surface area contributed by atoms with E-state index >= 15 is 0 Å². The van der Waals surface area contributed by atoms with Crippen molar-refractivity contribution >= 4 is 5.69 Å². The van der Waals surface area contributed by atoms with Crippen LogP contribution >= 0.6 is 0 Å². The normalized spacial score (nSPS) is 10.6. The van der Waals surface area contributed by atoms with Gasteiger partial charge >= 0.3 is 0 Å². The lowest BCUT2D eigenvalue weighted by atomic mass is 10.1. The molecule has 0 aliphatic heterocycles.